The van der Waals surface area contributed by atoms with Crippen LogP contribution in [-0.2, 0) is 11.2 Å². The molecule has 1 aromatic carbocycles. The SMILES string of the molecule is Cc1ccc2c(c1)CCCN2C(=O)C(C)n1nc(C2CC2)ccc1=O. The first kappa shape index (κ1) is 16.1. The number of nitrogens with zero attached hydrogens (tertiary/aromatic N) is 3. The third-order valence-corrected chi connectivity index (χ3v) is 5.19. The molecule has 2 heterocycles. The molecule has 1 saturated carbocycles. The number of carbonyl (C=O) groups is 1. The summed E-state index contributed by atoms with van der Waals surface area (Å²) in [6.45, 7) is 4.53. The molecule has 1 aliphatic heterocycles. The molecule has 2 aromatic rings. The van der Waals surface area contributed by atoms with Gasteiger partial charge in [-0.1, -0.05) is 17.7 Å². The lowest BCUT2D eigenvalue weighted by atomic mass is 9.99. The molecule has 4 rings (SSSR count). The highest BCUT2D eigenvalue weighted by Gasteiger charge is 2.30. The van der Waals surface area contributed by atoms with E-state index in [0.29, 0.717) is 12.5 Å². The van der Waals surface area contributed by atoms with Crippen LogP contribution in [0.3, 0.4) is 0 Å². The predicted octanol–water partition coefficient (Wildman–Crippen LogP) is 2.97. The minimum absolute atomic E-state index is 0.0626. The Kier molecular flexibility index (Phi) is 3.94. The van der Waals surface area contributed by atoms with Gasteiger partial charge in [0.05, 0.1) is 5.69 Å². The lowest BCUT2D eigenvalue weighted by Gasteiger charge is -2.32. The van der Waals surface area contributed by atoms with Gasteiger partial charge in [0.2, 0.25) is 0 Å². The normalized spacial score (nSPS) is 17.9. The summed E-state index contributed by atoms with van der Waals surface area (Å²) < 4.78 is 1.36. The molecule has 0 radical (unpaired) electrons. The summed E-state index contributed by atoms with van der Waals surface area (Å²) in [5.41, 5.74) is 4.09. The third kappa shape index (κ3) is 2.99. The van der Waals surface area contributed by atoms with E-state index in [-0.39, 0.29) is 11.5 Å². The van der Waals surface area contributed by atoms with E-state index < -0.39 is 6.04 Å². The van der Waals surface area contributed by atoms with Gasteiger partial charge in [-0.2, -0.15) is 5.10 Å². The van der Waals surface area contributed by atoms with Crippen molar-refractivity contribution in [2.24, 2.45) is 0 Å². The number of aromatic nitrogens is 2. The van der Waals surface area contributed by atoms with Gasteiger partial charge in [0, 0.05) is 24.2 Å². The maximum atomic E-state index is 13.1. The summed E-state index contributed by atoms with van der Waals surface area (Å²) in [7, 11) is 0. The molecule has 0 bridgehead atoms. The van der Waals surface area contributed by atoms with E-state index in [1.54, 1.807) is 13.0 Å². The largest absolute Gasteiger partial charge is 0.310 e. The Morgan fingerprint density at radius 1 is 1.24 bits per heavy atom. The first-order valence-electron chi connectivity index (χ1n) is 9.05. The van der Waals surface area contributed by atoms with Crippen molar-refractivity contribution in [2.75, 3.05) is 11.4 Å². The molecule has 1 unspecified atom stereocenters. The molecular weight excluding hydrogens is 314 g/mol. The second kappa shape index (κ2) is 6.14. The van der Waals surface area contributed by atoms with E-state index in [9.17, 15) is 9.59 Å². The van der Waals surface area contributed by atoms with Crippen LogP contribution in [0.25, 0.3) is 0 Å². The van der Waals surface area contributed by atoms with Crippen LogP contribution in [0.15, 0.2) is 35.1 Å². The number of rotatable bonds is 3. The van der Waals surface area contributed by atoms with Crippen LogP contribution in [0.1, 0.15) is 55.0 Å². The molecule has 5 heteroatoms. The molecule has 2 aliphatic rings. The molecule has 1 atom stereocenters. The van der Waals surface area contributed by atoms with E-state index >= 15 is 0 Å². The molecule has 1 amide bonds. The summed E-state index contributed by atoms with van der Waals surface area (Å²) >= 11 is 0. The van der Waals surface area contributed by atoms with Crippen LogP contribution in [-0.4, -0.2) is 22.2 Å². The maximum Gasteiger partial charge on any atom is 0.267 e. The zero-order valence-electron chi connectivity index (χ0n) is 14.7. The van der Waals surface area contributed by atoms with Gasteiger partial charge in [0.25, 0.3) is 11.5 Å². The van der Waals surface area contributed by atoms with E-state index in [1.807, 2.05) is 17.0 Å². The number of hydrogen-bond donors (Lipinski definition) is 0. The Labute approximate surface area is 147 Å². The van der Waals surface area contributed by atoms with Gasteiger partial charge in [-0.15, -0.1) is 0 Å². The lowest BCUT2D eigenvalue weighted by molar-refractivity contribution is -0.121. The summed E-state index contributed by atoms with van der Waals surface area (Å²) in [6, 6.07) is 8.94. The van der Waals surface area contributed by atoms with Gasteiger partial charge >= 0.3 is 0 Å². The van der Waals surface area contributed by atoms with Crippen LogP contribution in [0, 0.1) is 6.92 Å². The predicted molar refractivity (Wildman–Crippen MR) is 97.0 cm³/mol. The van der Waals surface area contributed by atoms with Crippen LogP contribution in [0.5, 0.6) is 0 Å². The molecule has 0 spiro atoms. The zero-order valence-corrected chi connectivity index (χ0v) is 14.7. The minimum Gasteiger partial charge on any atom is -0.310 e. The number of amides is 1. The third-order valence-electron chi connectivity index (χ3n) is 5.19. The Balaban J connectivity index is 1.66. The zero-order chi connectivity index (χ0) is 17.6. The number of fused-ring (bicyclic) bond motifs is 1. The van der Waals surface area contributed by atoms with Gasteiger partial charge in [-0.05, 0) is 57.2 Å². The molecule has 5 nitrogen and oxygen atoms in total. The summed E-state index contributed by atoms with van der Waals surface area (Å²) in [4.78, 5) is 27.2. The minimum atomic E-state index is -0.599. The number of carbonyl (C=O) groups excluding carboxylic acids is 1. The van der Waals surface area contributed by atoms with E-state index in [0.717, 1.165) is 37.1 Å². The van der Waals surface area contributed by atoms with Crippen molar-refractivity contribution in [3.8, 4) is 0 Å². The van der Waals surface area contributed by atoms with Crippen molar-refractivity contribution in [2.45, 2.75) is 51.5 Å². The Morgan fingerprint density at radius 3 is 2.80 bits per heavy atom. The maximum absolute atomic E-state index is 13.1. The first-order valence-corrected chi connectivity index (χ1v) is 9.05. The average molecular weight is 337 g/mol. The Morgan fingerprint density at radius 2 is 2.04 bits per heavy atom. The Hall–Kier alpha value is -2.43. The standard InChI is InChI=1S/C20H23N3O2/c1-13-5-9-18-16(12-13)4-3-11-22(18)20(25)14(2)23-19(24)10-8-17(21-23)15-6-7-15/h5,8-10,12,14-15H,3-4,6-7,11H2,1-2H3. The second-order valence-electron chi connectivity index (χ2n) is 7.22. The summed E-state index contributed by atoms with van der Waals surface area (Å²) in [5, 5.41) is 4.48. The molecule has 130 valence electrons. The molecule has 1 aromatic heterocycles. The highest BCUT2D eigenvalue weighted by Crippen LogP contribution is 2.38. The van der Waals surface area contributed by atoms with Gasteiger partial charge in [-0.3, -0.25) is 9.59 Å². The van der Waals surface area contributed by atoms with Gasteiger partial charge < -0.3 is 4.90 Å². The molecule has 1 fully saturated rings. The monoisotopic (exact) mass is 337 g/mol. The van der Waals surface area contributed by atoms with Crippen LogP contribution >= 0.6 is 0 Å². The van der Waals surface area contributed by atoms with Crippen molar-refractivity contribution < 1.29 is 4.79 Å². The number of hydrogen-bond acceptors (Lipinski definition) is 3. The topological polar surface area (TPSA) is 55.2 Å². The van der Waals surface area contributed by atoms with Gasteiger partial charge in [-0.25, -0.2) is 4.68 Å². The number of aryl methyl sites for hydroxylation is 2. The fourth-order valence-electron chi connectivity index (χ4n) is 3.60. The van der Waals surface area contributed by atoms with Crippen molar-refractivity contribution in [3.05, 3.63) is 57.5 Å². The molecule has 0 N–H and O–H groups in total. The first-order chi connectivity index (χ1) is 12.0. The molecule has 25 heavy (non-hydrogen) atoms. The van der Waals surface area contributed by atoms with Gasteiger partial charge in [0.1, 0.15) is 6.04 Å². The van der Waals surface area contributed by atoms with E-state index in [1.165, 1.54) is 21.9 Å². The highest BCUT2D eigenvalue weighted by molar-refractivity contribution is 5.97. The molecule has 0 saturated heterocycles. The number of benzene rings is 1. The fourth-order valence-corrected chi connectivity index (χ4v) is 3.60. The van der Waals surface area contributed by atoms with E-state index in [2.05, 4.69) is 18.1 Å². The smallest absolute Gasteiger partial charge is 0.267 e. The van der Waals surface area contributed by atoms with Crippen molar-refractivity contribution in [1.29, 1.82) is 0 Å². The summed E-state index contributed by atoms with van der Waals surface area (Å²) in [6.07, 6.45) is 4.17. The average Bonchev–Trinajstić information content (AvgIpc) is 3.45. The number of anilines is 1. The molecular formula is C20H23N3O2. The van der Waals surface area contributed by atoms with Crippen LogP contribution in [0.4, 0.5) is 5.69 Å². The second-order valence-corrected chi connectivity index (χ2v) is 7.22. The fraction of sp³-hybridized carbons (Fsp3) is 0.450. The van der Waals surface area contributed by atoms with Crippen LogP contribution in [0.2, 0.25) is 0 Å². The Bertz CT molecular complexity index is 883. The van der Waals surface area contributed by atoms with E-state index in [4.69, 9.17) is 0 Å². The quantitative estimate of drug-likeness (QED) is 0.865. The van der Waals surface area contributed by atoms with Crippen molar-refractivity contribution >= 4 is 11.6 Å². The lowest BCUT2D eigenvalue weighted by Crippen LogP contribution is -2.42. The molecule has 1 aliphatic carbocycles. The van der Waals surface area contributed by atoms with Crippen molar-refractivity contribution in [3.63, 3.8) is 0 Å². The van der Waals surface area contributed by atoms with Crippen LogP contribution < -0.4 is 10.5 Å². The summed E-state index contributed by atoms with van der Waals surface area (Å²) in [5.74, 6) is 0.389. The van der Waals surface area contributed by atoms with Crippen molar-refractivity contribution in [1.82, 2.24) is 9.78 Å². The van der Waals surface area contributed by atoms with Gasteiger partial charge in [0.15, 0.2) is 0 Å². The highest BCUT2D eigenvalue weighted by atomic mass is 16.2.